The monoisotopic (exact) mass is 238 g/mol. The molecule has 0 radical (unpaired) electrons. The third-order valence-corrected chi connectivity index (χ3v) is 3.31. The fourth-order valence-corrected chi connectivity index (χ4v) is 2.44. The van der Waals surface area contributed by atoms with Gasteiger partial charge in [-0.25, -0.2) is 0 Å². The van der Waals surface area contributed by atoms with E-state index in [1.54, 1.807) is 0 Å². The van der Waals surface area contributed by atoms with Gasteiger partial charge in [0, 0.05) is 11.8 Å². The van der Waals surface area contributed by atoms with Crippen molar-refractivity contribution < 1.29 is 0 Å². The minimum Gasteiger partial charge on any atom is -0.429 e. The number of nitrogens with one attached hydrogen (secondary N) is 1. The molecule has 1 atom stereocenters. The molecule has 1 N–H and O–H groups in total. The van der Waals surface area contributed by atoms with Gasteiger partial charge >= 0.3 is 6.85 Å². The van der Waals surface area contributed by atoms with Crippen molar-refractivity contribution in [3.05, 3.63) is 60.5 Å². The smallest absolute Gasteiger partial charge is 0.314 e. The van der Waals surface area contributed by atoms with Gasteiger partial charge in [-0.2, -0.15) is 0 Å². The molecule has 0 aliphatic carbocycles. The van der Waals surface area contributed by atoms with Crippen LogP contribution in [0.15, 0.2) is 60.5 Å². The minimum atomic E-state index is 0.263. The highest BCUT2D eigenvalue weighted by Gasteiger charge is 2.31. The largest absolute Gasteiger partial charge is 0.429 e. The Morgan fingerprint density at radius 3 is 3.00 bits per heavy atom. The summed E-state index contributed by atoms with van der Waals surface area (Å²) in [6.07, 6.45) is 13.6. The van der Waals surface area contributed by atoms with Gasteiger partial charge in [0.15, 0.2) is 0 Å². The Morgan fingerprint density at radius 1 is 1.44 bits per heavy atom. The van der Waals surface area contributed by atoms with Crippen molar-refractivity contribution in [2.75, 3.05) is 0 Å². The van der Waals surface area contributed by atoms with E-state index in [1.807, 2.05) is 24.5 Å². The molecule has 0 aromatic carbocycles. The van der Waals surface area contributed by atoms with E-state index in [2.05, 4.69) is 54.4 Å². The number of pyridine rings is 1. The van der Waals surface area contributed by atoms with Crippen LogP contribution < -0.4 is 10.8 Å². The Balaban J connectivity index is 2.30. The van der Waals surface area contributed by atoms with Crippen LogP contribution in [0.4, 0.5) is 0 Å². The van der Waals surface area contributed by atoms with E-state index in [1.165, 1.54) is 5.57 Å². The zero-order valence-electron chi connectivity index (χ0n) is 11.0. The Morgan fingerprint density at radius 2 is 2.33 bits per heavy atom. The maximum absolute atomic E-state index is 4.48. The highest BCUT2D eigenvalue weighted by molar-refractivity contribution is 6.72. The lowest BCUT2D eigenvalue weighted by Crippen LogP contribution is -2.49. The Labute approximate surface area is 110 Å². The predicted octanol–water partition coefficient (Wildman–Crippen LogP) is 2.68. The van der Waals surface area contributed by atoms with Crippen molar-refractivity contribution in [2.24, 2.45) is 0 Å². The van der Waals surface area contributed by atoms with Crippen LogP contribution >= 0.6 is 0 Å². The first kappa shape index (κ1) is 12.7. The quantitative estimate of drug-likeness (QED) is 0.646. The second kappa shape index (κ2) is 6.24. The van der Waals surface area contributed by atoms with Crippen molar-refractivity contribution in [2.45, 2.75) is 26.1 Å². The summed E-state index contributed by atoms with van der Waals surface area (Å²) in [5, 5.41) is 3.44. The minimum absolute atomic E-state index is 0.263. The van der Waals surface area contributed by atoms with E-state index >= 15 is 0 Å². The van der Waals surface area contributed by atoms with E-state index in [9.17, 15) is 0 Å². The van der Waals surface area contributed by atoms with Crippen LogP contribution in [0.25, 0.3) is 0 Å². The molecule has 1 aliphatic heterocycles. The summed E-state index contributed by atoms with van der Waals surface area (Å²) in [6, 6.07) is 6.09. The summed E-state index contributed by atoms with van der Waals surface area (Å²) < 4.78 is 0. The van der Waals surface area contributed by atoms with Crippen molar-refractivity contribution in [1.29, 1.82) is 0 Å². The van der Waals surface area contributed by atoms with Crippen molar-refractivity contribution in [1.82, 2.24) is 10.2 Å². The molecule has 0 amide bonds. The lowest BCUT2D eigenvalue weighted by atomic mass is 9.45. The molecule has 0 saturated heterocycles. The van der Waals surface area contributed by atoms with E-state index in [0.717, 1.165) is 12.0 Å². The molecule has 0 saturated carbocycles. The summed E-state index contributed by atoms with van der Waals surface area (Å²) in [6.45, 7) is 4.42. The fraction of sp³-hybridized carbons (Fsp3) is 0.267. The molecule has 1 unspecified atom stereocenters. The molecule has 3 heteroatoms. The first-order valence-corrected chi connectivity index (χ1v) is 6.47. The molecule has 2 heterocycles. The summed E-state index contributed by atoms with van der Waals surface area (Å²) in [7, 11) is 0. The third-order valence-electron chi connectivity index (χ3n) is 3.31. The number of allylic oxidation sites excluding steroid dienone is 5. The lowest BCUT2D eigenvalue weighted by molar-refractivity contribution is 0.915. The average molecular weight is 238 g/mol. The molecule has 0 fully saturated rings. The van der Waals surface area contributed by atoms with E-state index in [0.29, 0.717) is 5.82 Å². The second-order valence-corrected chi connectivity index (χ2v) is 4.43. The van der Waals surface area contributed by atoms with Gasteiger partial charge in [0.2, 0.25) is 0 Å². The molecule has 2 rings (SSSR count). The number of hydrogen-bond donors (Lipinski definition) is 1. The van der Waals surface area contributed by atoms with Crippen LogP contribution in [0.3, 0.4) is 0 Å². The van der Waals surface area contributed by atoms with Crippen LogP contribution in [0.1, 0.15) is 20.3 Å². The number of nitrogens with zero attached hydrogens (tertiary/aromatic N) is 1. The molecule has 0 spiro atoms. The first-order valence-electron chi connectivity index (χ1n) is 6.47. The average Bonchev–Trinajstić information content (AvgIpc) is 2.46. The van der Waals surface area contributed by atoms with Gasteiger partial charge < -0.3 is 5.23 Å². The molecule has 1 aromatic rings. The van der Waals surface area contributed by atoms with Crippen molar-refractivity contribution >= 4 is 12.4 Å². The molecule has 1 aromatic heterocycles. The highest BCUT2D eigenvalue weighted by Crippen LogP contribution is 2.28. The lowest BCUT2D eigenvalue weighted by Gasteiger charge is -2.27. The summed E-state index contributed by atoms with van der Waals surface area (Å²) >= 11 is 0. The van der Waals surface area contributed by atoms with E-state index in [4.69, 9.17) is 0 Å². The molecule has 0 bridgehead atoms. The van der Waals surface area contributed by atoms with Gasteiger partial charge in [0.05, 0.1) is 0 Å². The Kier molecular flexibility index (Phi) is 4.40. The summed E-state index contributed by atoms with van der Waals surface area (Å²) in [5.74, 6) is 0.450. The van der Waals surface area contributed by atoms with Gasteiger partial charge in [0.25, 0.3) is 0 Å². The first-order chi connectivity index (χ1) is 8.86. The summed E-state index contributed by atoms with van der Waals surface area (Å²) in [4.78, 5) is 4.48. The van der Waals surface area contributed by atoms with Crippen LogP contribution in [-0.2, 0) is 0 Å². The summed E-state index contributed by atoms with van der Waals surface area (Å²) in [5.41, 5.74) is 2.47. The zero-order valence-corrected chi connectivity index (χ0v) is 11.0. The maximum atomic E-state index is 4.48. The molecular formula is C15H19BN2. The number of hydrogen-bond acceptors (Lipinski definition) is 2. The van der Waals surface area contributed by atoms with Crippen LogP contribution in [0.5, 0.6) is 0 Å². The normalized spacial score (nSPS) is 20.2. The van der Waals surface area contributed by atoms with Crippen molar-refractivity contribution in [3.8, 4) is 0 Å². The van der Waals surface area contributed by atoms with Gasteiger partial charge in [-0.05, 0) is 44.4 Å². The molecule has 1 aliphatic rings. The van der Waals surface area contributed by atoms with E-state index < -0.39 is 0 Å². The van der Waals surface area contributed by atoms with Gasteiger partial charge in [-0.1, -0.05) is 35.9 Å². The fourth-order valence-electron chi connectivity index (χ4n) is 2.44. The van der Waals surface area contributed by atoms with Gasteiger partial charge in [-0.3, -0.25) is 4.98 Å². The maximum Gasteiger partial charge on any atom is 0.314 e. The second-order valence-electron chi connectivity index (χ2n) is 4.43. The van der Waals surface area contributed by atoms with Gasteiger partial charge in [-0.15, -0.1) is 0 Å². The molecule has 2 nitrogen and oxygen atoms in total. The van der Waals surface area contributed by atoms with Crippen LogP contribution in [-0.4, -0.2) is 11.8 Å². The Bertz CT molecular complexity index is 463. The third kappa shape index (κ3) is 2.73. The molecular weight excluding hydrogens is 219 g/mol. The van der Waals surface area contributed by atoms with Crippen LogP contribution in [0, 0.1) is 0 Å². The SMILES string of the molecule is CC=CC(=CC)C1CC=CNB1c1ccccn1. The standard InChI is InChI=1S/C15H19BN2/c1-3-8-13(4-2)14-9-7-12-18-16(14)15-10-5-6-11-17-15/h3-8,10-12,14,18H,9H2,1-2H3. The predicted molar refractivity (Wildman–Crippen MR) is 78.8 cm³/mol. The van der Waals surface area contributed by atoms with Gasteiger partial charge in [0.1, 0.15) is 0 Å². The number of aromatic nitrogens is 1. The van der Waals surface area contributed by atoms with E-state index in [-0.39, 0.29) is 6.85 Å². The zero-order chi connectivity index (χ0) is 12.8. The highest BCUT2D eigenvalue weighted by atomic mass is 14.8. The molecule has 18 heavy (non-hydrogen) atoms. The number of rotatable bonds is 3. The van der Waals surface area contributed by atoms with Crippen LogP contribution in [0.2, 0.25) is 5.82 Å². The molecule has 92 valence electrons. The Hall–Kier alpha value is -1.77. The van der Waals surface area contributed by atoms with Crippen molar-refractivity contribution in [3.63, 3.8) is 0 Å². The topological polar surface area (TPSA) is 24.9 Å².